The van der Waals surface area contributed by atoms with Gasteiger partial charge in [0.25, 0.3) is 0 Å². The van der Waals surface area contributed by atoms with Gasteiger partial charge in [-0.25, -0.2) is 0 Å². The summed E-state index contributed by atoms with van der Waals surface area (Å²) < 4.78 is 0. The van der Waals surface area contributed by atoms with Gasteiger partial charge in [-0.3, -0.25) is 9.80 Å². The third kappa shape index (κ3) is 3.65. The molecule has 21 heavy (non-hydrogen) atoms. The van der Waals surface area contributed by atoms with Crippen LogP contribution in [0.1, 0.15) is 31.4 Å². The van der Waals surface area contributed by atoms with Gasteiger partial charge in [-0.05, 0) is 44.4 Å². The Morgan fingerprint density at radius 2 is 1.76 bits per heavy atom. The van der Waals surface area contributed by atoms with E-state index in [0.717, 1.165) is 19.6 Å². The Labute approximate surface area is 129 Å². The number of hydrogen-bond acceptors (Lipinski definition) is 3. The van der Waals surface area contributed by atoms with Crippen LogP contribution in [-0.4, -0.2) is 54.6 Å². The molecule has 0 unspecified atom stereocenters. The van der Waals surface area contributed by atoms with Gasteiger partial charge in [0.15, 0.2) is 0 Å². The molecule has 2 aliphatic heterocycles. The molecule has 1 aromatic carbocycles. The molecule has 1 saturated heterocycles. The fraction of sp³-hybridized carbons (Fsp3) is 0.667. The van der Waals surface area contributed by atoms with Gasteiger partial charge in [0.05, 0.1) is 0 Å². The Kier molecular flexibility index (Phi) is 4.63. The van der Waals surface area contributed by atoms with Crippen LogP contribution in [0.5, 0.6) is 0 Å². The Bertz CT molecular complexity index is 463. The van der Waals surface area contributed by atoms with E-state index in [1.165, 1.54) is 44.6 Å². The fourth-order valence-corrected chi connectivity index (χ4v) is 3.82. The molecule has 3 rings (SSSR count). The minimum Gasteiger partial charge on any atom is -0.314 e. The number of piperazine rings is 1. The van der Waals surface area contributed by atoms with Crippen LogP contribution in [0.4, 0.5) is 0 Å². The predicted octanol–water partition coefficient (Wildman–Crippen LogP) is 2.12. The van der Waals surface area contributed by atoms with E-state index in [4.69, 9.17) is 0 Å². The van der Waals surface area contributed by atoms with Crippen LogP contribution in [-0.2, 0) is 13.0 Å². The third-order valence-electron chi connectivity index (χ3n) is 5.02. The van der Waals surface area contributed by atoms with Crippen LogP contribution in [0.15, 0.2) is 24.3 Å². The summed E-state index contributed by atoms with van der Waals surface area (Å²) in [5.41, 5.74) is 3.35. The van der Waals surface area contributed by atoms with E-state index in [9.17, 15) is 0 Å². The molecule has 2 heterocycles. The molecule has 0 saturated carbocycles. The standard InChI is InChI=1S/C18H29N3/c1-18(2,21-12-9-19-10-13-21)15-20-11-5-8-16-6-3-4-7-17(16)14-20/h3-4,6-7,19H,5,8-15H2,1-2H3. The first-order valence-corrected chi connectivity index (χ1v) is 8.40. The molecule has 1 aromatic rings. The maximum atomic E-state index is 3.46. The SMILES string of the molecule is CC(C)(CN1CCCc2ccccc2C1)N1CCNCC1. The highest BCUT2D eigenvalue weighted by Crippen LogP contribution is 2.22. The molecule has 0 radical (unpaired) electrons. The van der Waals surface area contributed by atoms with E-state index in [0.29, 0.717) is 0 Å². The summed E-state index contributed by atoms with van der Waals surface area (Å²) in [6.45, 7) is 13.0. The molecule has 2 aliphatic rings. The molecule has 3 heteroatoms. The predicted molar refractivity (Wildman–Crippen MR) is 88.6 cm³/mol. The number of benzene rings is 1. The monoisotopic (exact) mass is 287 g/mol. The molecule has 0 bridgehead atoms. The molecule has 1 fully saturated rings. The molecule has 0 aromatic heterocycles. The van der Waals surface area contributed by atoms with Gasteiger partial charge in [-0.1, -0.05) is 24.3 Å². The van der Waals surface area contributed by atoms with Gasteiger partial charge < -0.3 is 5.32 Å². The largest absolute Gasteiger partial charge is 0.314 e. The average molecular weight is 287 g/mol. The molecule has 3 nitrogen and oxygen atoms in total. The van der Waals surface area contributed by atoms with E-state index >= 15 is 0 Å². The second-order valence-electron chi connectivity index (χ2n) is 7.13. The zero-order valence-corrected chi connectivity index (χ0v) is 13.6. The van der Waals surface area contributed by atoms with Gasteiger partial charge >= 0.3 is 0 Å². The highest BCUT2D eigenvalue weighted by atomic mass is 15.3. The van der Waals surface area contributed by atoms with Crippen molar-refractivity contribution < 1.29 is 0 Å². The topological polar surface area (TPSA) is 18.5 Å². The summed E-state index contributed by atoms with van der Waals surface area (Å²) in [6, 6.07) is 8.98. The first kappa shape index (κ1) is 15.0. The Hall–Kier alpha value is -0.900. The number of aryl methyl sites for hydroxylation is 1. The quantitative estimate of drug-likeness (QED) is 0.919. The molecule has 116 valence electrons. The van der Waals surface area contributed by atoms with Crippen molar-refractivity contribution in [2.24, 2.45) is 0 Å². The normalized spacial score (nSPS) is 21.8. The van der Waals surface area contributed by atoms with Crippen molar-refractivity contribution in [3.05, 3.63) is 35.4 Å². The number of nitrogens with one attached hydrogen (secondary N) is 1. The molecule has 0 spiro atoms. The van der Waals surface area contributed by atoms with Crippen LogP contribution in [0.2, 0.25) is 0 Å². The lowest BCUT2D eigenvalue weighted by Gasteiger charge is -2.43. The number of hydrogen-bond donors (Lipinski definition) is 1. The van der Waals surface area contributed by atoms with Gasteiger partial charge in [0, 0.05) is 44.8 Å². The van der Waals surface area contributed by atoms with Crippen LogP contribution >= 0.6 is 0 Å². The third-order valence-corrected chi connectivity index (χ3v) is 5.02. The second kappa shape index (κ2) is 6.47. The van der Waals surface area contributed by atoms with E-state index in [1.54, 1.807) is 5.56 Å². The average Bonchev–Trinajstić information content (AvgIpc) is 2.69. The van der Waals surface area contributed by atoms with Crippen molar-refractivity contribution in [2.75, 3.05) is 39.3 Å². The van der Waals surface area contributed by atoms with E-state index in [2.05, 4.69) is 53.2 Å². The second-order valence-corrected chi connectivity index (χ2v) is 7.13. The van der Waals surface area contributed by atoms with Crippen molar-refractivity contribution in [3.8, 4) is 0 Å². The number of rotatable bonds is 3. The van der Waals surface area contributed by atoms with Gasteiger partial charge in [0.2, 0.25) is 0 Å². The molecular formula is C18H29N3. The molecule has 0 atom stereocenters. The summed E-state index contributed by atoms with van der Waals surface area (Å²) in [7, 11) is 0. The Balaban J connectivity index is 1.66. The van der Waals surface area contributed by atoms with Crippen molar-refractivity contribution in [3.63, 3.8) is 0 Å². The first-order chi connectivity index (χ1) is 10.1. The maximum absolute atomic E-state index is 3.46. The Morgan fingerprint density at radius 1 is 1.05 bits per heavy atom. The minimum atomic E-state index is 0.265. The lowest BCUT2D eigenvalue weighted by Crippen LogP contribution is -2.57. The molecule has 0 aliphatic carbocycles. The van der Waals surface area contributed by atoms with Crippen LogP contribution < -0.4 is 5.32 Å². The lowest BCUT2D eigenvalue weighted by molar-refractivity contribution is 0.0609. The lowest BCUT2D eigenvalue weighted by atomic mass is 10.00. The zero-order chi connectivity index (χ0) is 14.7. The van der Waals surface area contributed by atoms with Crippen LogP contribution in [0.3, 0.4) is 0 Å². The van der Waals surface area contributed by atoms with E-state index in [-0.39, 0.29) is 5.54 Å². The van der Waals surface area contributed by atoms with Crippen molar-refractivity contribution in [2.45, 2.75) is 38.8 Å². The molecule has 0 amide bonds. The highest BCUT2D eigenvalue weighted by molar-refractivity contribution is 5.28. The number of fused-ring (bicyclic) bond motifs is 1. The summed E-state index contributed by atoms with van der Waals surface area (Å²) in [4.78, 5) is 5.31. The van der Waals surface area contributed by atoms with Crippen molar-refractivity contribution >= 4 is 0 Å². The van der Waals surface area contributed by atoms with Crippen LogP contribution in [0.25, 0.3) is 0 Å². The summed E-state index contributed by atoms with van der Waals surface area (Å²) in [6.07, 6.45) is 2.52. The highest BCUT2D eigenvalue weighted by Gasteiger charge is 2.30. The molecular weight excluding hydrogens is 258 g/mol. The van der Waals surface area contributed by atoms with Gasteiger partial charge in [-0.15, -0.1) is 0 Å². The van der Waals surface area contributed by atoms with Gasteiger partial charge in [-0.2, -0.15) is 0 Å². The number of nitrogens with zero attached hydrogens (tertiary/aromatic N) is 2. The van der Waals surface area contributed by atoms with Crippen molar-refractivity contribution in [1.82, 2.24) is 15.1 Å². The smallest absolute Gasteiger partial charge is 0.0281 e. The minimum absolute atomic E-state index is 0.265. The van der Waals surface area contributed by atoms with E-state index in [1.807, 2.05) is 0 Å². The van der Waals surface area contributed by atoms with Crippen molar-refractivity contribution in [1.29, 1.82) is 0 Å². The molecule has 1 N–H and O–H groups in total. The Morgan fingerprint density at radius 3 is 2.52 bits per heavy atom. The summed E-state index contributed by atoms with van der Waals surface area (Å²) in [5, 5.41) is 3.46. The first-order valence-electron chi connectivity index (χ1n) is 8.40. The zero-order valence-electron chi connectivity index (χ0n) is 13.6. The summed E-state index contributed by atoms with van der Waals surface area (Å²) >= 11 is 0. The fourth-order valence-electron chi connectivity index (χ4n) is 3.82. The van der Waals surface area contributed by atoms with E-state index < -0.39 is 0 Å². The van der Waals surface area contributed by atoms with Gasteiger partial charge in [0.1, 0.15) is 0 Å². The van der Waals surface area contributed by atoms with Crippen LogP contribution in [0, 0.1) is 0 Å². The maximum Gasteiger partial charge on any atom is 0.0281 e. The summed E-state index contributed by atoms with van der Waals surface area (Å²) in [5.74, 6) is 0.